The molecule has 0 saturated heterocycles. The van der Waals surface area contributed by atoms with Crippen molar-refractivity contribution in [3.63, 3.8) is 0 Å². The first-order valence-electron chi connectivity index (χ1n) is 5.28. The van der Waals surface area contributed by atoms with Gasteiger partial charge < -0.3 is 0 Å². The summed E-state index contributed by atoms with van der Waals surface area (Å²) in [5.41, 5.74) is 1.50. The van der Waals surface area contributed by atoms with Gasteiger partial charge in [0.1, 0.15) is 5.78 Å². The summed E-state index contributed by atoms with van der Waals surface area (Å²) in [6.07, 6.45) is 4.22. The van der Waals surface area contributed by atoms with E-state index in [9.17, 15) is 4.79 Å². The maximum absolute atomic E-state index is 11.7. The zero-order valence-corrected chi connectivity index (χ0v) is 8.60. The number of hydrogen-bond donors (Lipinski definition) is 0. The molecule has 1 heteroatoms. The Balaban J connectivity index is 2.28. The van der Waals surface area contributed by atoms with Crippen LogP contribution in [-0.2, 0) is 4.79 Å². The molecule has 0 heterocycles. The van der Waals surface area contributed by atoms with Crippen molar-refractivity contribution in [2.75, 3.05) is 0 Å². The first kappa shape index (κ1) is 8.98. The van der Waals surface area contributed by atoms with Gasteiger partial charge in [0.25, 0.3) is 0 Å². The van der Waals surface area contributed by atoms with E-state index >= 15 is 0 Å². The summed E-state index contributed by atoms with van der Waals surface area (Å²) in [6.45, 7) is 8.50. The van der Waals surface area contributed by atoms with Crippen molar-refractivity contribution in [2.45, 2.75) is 39.5 Å². The number of Topliss-reactive ketones (excluding diaryl/α,β-unsaturated/α-hetero) is 1. The fraction of sp³-hybridized carbons (Fsp3) is 0.750. The second kappa shape index (κ2) is 2.70. The Bertz CT molecular complexity index is 264. The van der Waals surface area contributed by atoms with E-state index < -0.39 is 0 Å². The lowest BCUT2D eigenvalue weighted by atomic mass is 9.47. The third-order valence-electron chi connectivity index (χ3n) is 4.08. The van der Waals surface area contributed by atoms with Crippen molar-refractivity contribution >= 4 is 5.78 Å². The Hall–Kier alpha value is -0.590. The van der Waals surface area contributed by atoms with Gasteiger partial charge in [0.2, 0.25) is 0 Å². The summed E-state index contributed by atoms with van der Waals surface area (Å²) in [5.74, 6) is 1.31. The summed E-state index contributed by atoms with van der Waals surface area (Å²) < 4.78 is 0. The molecule has 0 radical (unpaired) electrons. The van der Waals surface area contributed by atoms with Gasteiger partial charge in [-0.15, -0.1) is 0 Å². The smallest absolute Gasteiger partial charge is 0.140 e. The van der Waals surface area contributed by atoms with Gasteiger partial charge in [-0.05, 0) is 30.6 Å². The van der Waals surface area contributed by atoms with Crippen LogP contribution in [0.15, 0.2) is 12.2 Å². The van der Waals surface area contributed by atoms with Crippen molar-refractivity contribution < 1.29 is 4.79 Å². The summed E-state index contributed by atoms with van der Waals surface area (Å²) >= 11 is 0. The van der Waals surface area contributed by atoms with Gasteiger partial charge in [-0.3, -0.25) is 4.79 Å². The fourth-order valence-electron chi connectivity index (χ4n) is 3.25. The molecule has 2 fully saturated rings. The molecule has 0 unspecified atom stereocenters. The molecule has 0 spiro atoms. The quantitative estimate of drug-likeness (QED) is 0.564. The van der Waals surface area contributed by atoms with Gasteiger partial charge in [0.05, 0.1) is 0 Å². The maximum Gasteiger partial charge on any atom is 0.140 e. The summed E-state index contributed by atoms with van der Waals surface area (Å²) in [5, 5.41) is 0. The molecule has 2 aliphatic carbocycles. The van der Waals surface area contributed by atoms with E-state index in [4.69, 9.17) is 0 Å². The van der Waals surface area contributed by atoms with Crippen LogP contribution < -0.4 is 0 Å². The highest BCUT2D eigenvalue weighted by molar-refractivity contribution is 5.87. The molecular formula is C12H18O. The van der Waals surface area contributed by atoms with Gasteiger partial charge >= 0.3 is 0 Å². The molecule has 2 rings (SSSR count). The Labute approximate surface area is 80.2 Å². The Morgan fingerprint density at radius 3 is 2.69 bits per heavy atom. The van der Waals surface area contributed by atoms with E-state index in [2.05, 4.69) is 20.4 Å². The summed E-state index contributed by atoms with van der Waals surface area (Å²) in [4.78, 5) is 11.7. The number of rotatable bonds is 1. The van der Waals surface area contributed by atoms with Crippen LogP contribution in [0.5, 0.6) is 0 Å². The first-order chi connectivity index (χ1) is 6.08. The van der Waals surface area contributed by atoms with E-state index in [0.29, 0.717) is 17.1 Å². The second-order valence-electron chi connectivity index (χ2n) is 4.98. The zero-order chi connectivity index (χ0) is 9.64. The standard InChI is InChI=1S/C12H18O/c1-8(2)12-6-4-5-10(13)11(12)9(3)7-12/h8,11H,3-7H2,1-2H3/t11-,12-/m0/s1. The van der Waals surface area contributed by atoms with E-state index in [-0.39, 0.29) is 5.92 Å². The average molecular weight is 178 g/mol. The largest absolute Gasteiger partial charge is 0.299 e. The highest BCUT2D eigenvalue weighted by Crippen LogP contribution is 2.60. The van der Waals surface area contributed by atoms with Crippen molar-refractivity contribution in [1.29, 1.82) is 0 Å². The van der Waals surface area contributed by atoms with E-state index in [1.807, 2.05) is 0 Å². The molecule has 2 aliphatic rings. The lowest BCUT2D eigenvalue weighted by molar-refractivity contribution is -0.136. The molecule has 0 aromatic carbocycles. The van der Waals surface area contributed by atoms with Crippen LogP contribution in [0.4, 0.5) is 0 Å². The van der Waals surface area contributed by atoms with Crippen LogP contribution in [0.2, 0.25) is 0 Å². The zero-order valence-electron chi connectivity index (χ0n) is 8.60. The predicted octanol–water partition coefficient (Wildman–Crippen LogP) is 2.96. The van der Waals surface area contributed by atoms with Crippen molar-refractivity contribution in [2.24, 2.45) is 17.3 Å². The van der Waals surface area contributed by atoms with Crippen molar-refractivity contribution in [1.82, 2.24) is 0 Å². The number of carbonyl (C=O) groups excluding carboxylic acids is 1. The minimum Gasteiger partial charge on any atom is -0.299 e. The minimum atomic E-state index is 0.223. The third-order valence-corrected chi connectivity index (χ3v) is 4.08. The molecule has 2 saturated carbocycles. The second-order valence-corrected chi connectivity index (χ2v) is 4.98. The third kappa shape index (κ3) is 1.02. The molecular weight excluding hydrogens is 160 g/mol. The molecule has 0 bridgehead atoms. The number of carbonyl (C=O) groups is 1. The lowest BCUT2D eigenvalue weighted by Gasteiger charge is -2.56. The van der Waals surface area contributed by atoms with E-state index in [1.165, 1.54) is 12.0 Å². The van der Waals surface area contributed by atoms with Crippen LogP contribution in [0, 0.1) is 17.3 Å². The summed E-state index contributed by atoms with van der Waals surface area (Å²) in [7, 11) is 0. The van der Waals surface area contributed by atoms with Gasteiger partial charge in [0.15, 0.2) is 0 Å². The Morgan fingerprint density at radius 2 is 2.23 bits per heavy atom. The highest BCUT2D eigenvalue weighted by atomic mass is 16.1. The van der Waals surface area contributed by atoms with Crippen LogP contribution in [0.3, 0.4) is 0 Å². The topological polar surface area (TPSA) is 17.1 Å². The maximum atomic E-state index is 11.7. The van der Waals surface area contributed by atoms with Gasteiger partial charge in [-0.1, -0.05) is 26.0 Å². The normalized spacial score (nSPS) is 38.8. The minimum absolute atomic E-state index is 0.223. The van der Waals surface area contributed by atoms with Crippen LogP contribution in [0.25, 0.3) is 0 Å². The molecule has 72 valence electrons. The van der Waals surface area contributed by atoms with Crippen LogP contribution >= 0.6 is 0 Å². The van der Waals surface area contributed by atoms with Crippen molar-refractivity contribution in [3.8, 4) is 0 Å². The molecule has 0 aromatic heterocycles. The Morgan fingerprint density at radius 1 is 1.54 bits per heavy atom. The SMILES string of the molecule is C=C1C[C@]2(C(C)C)CCCC(=O)[C@H]12. The van der Waals surface area contributed by atoms with Crippen molar-refractivity contribution in [3.05, 3.63) is 12.2 Å². The first-order valence-corrected chi connectivity index (χ1v) is 5.28. The predicted molar refractivity (Wildman–Crippen MR) is 53.4 cm³/mol. The Kier molecular flexibility index (Phi) is 1.86. The molecule has 0 amide bonds. The van der Waals surface area contributed by atoms with Gasteiger partial charge in [-0.2, -0.15) is 0 Å². The van der Waals surface area contributed by atoms with Crippen LogP contribution in [0.1, 0.15) is 39.5 Å². The van der Waals surface area contributed by atoms with E-state index in [1.54, 1.807) is 0 Å². The monoisotopic (exact) mass is 178 g/mol. The average Bonchev–Trinajstić information content (AvgIpc) is 2.00. The number of hydrogen-bond acceptors (Lipinski definition) is 1. The molecule has 2 atom stereocenters. The molecule has 0 aromatic rings. The van der Waals surface area contributed by atoms with E-state index in [0.717, 1.165) is 19.3 Å². The van der Waals surface area contributed by atoms with Gasteiger partial charge in [0, 0.05) is 12.3 Å². The van der Waals surface area contributed by atoms with Gasteiger partial charge in [-0.25, -0.2) is 0 Å². The number of fused-ring (bicyclic) bond motifs is 1. The van der Waals surface area contributed by atoms with Crippen LogP contribution in [-0.4, -0.2) is 5.78 Å². The number of ketones is 1. The molecule has 1 nitrogen and oxygen atoms in total. The lowest BCUT2D eigenvalue weighted by Crippen LogP contribution is -2.52. The fourth-order valence-corrected chi connectivity index (χ4v) is 3.25. The molecule has 13 heavy (non-hydrogen) atoms. The highest BCUT2D eigenvalue weighted by Gasteiger charge is 2.55. The summed E-state index contributed by atoms with van der Waals surface area (Å²) in [6, 6.07) is 0. The molecule has 0 aliphatic heterocycles. The molecule has 0 N–H and O–H groups in total. The number of allylic oxidation sites excluding steroid dienone is 1.